The molecule has 2 N–H and O–H groups in total. The lowest BCUT2D eigenvalue weighted by atomic mass is 10.2. The molecule has 0 fully saturated rings. The van der Waals surface area contributed by atoms with Gasteiger partial charge >= 0.3 is 0 Å². The molecule has 3 aromatic rings. The Kier molecular flexibility index (Phi) is 8.42. The van der Waals surface area contributed by atoms with E-state index in [-0.39, 0.29) is 30.0 Å². The van der Waals surface area contributed by atoms with E-state index in [0.717, 1.165) is 18.1 Å². The van der Waals surface area contributed by atoms with E-state index in [0.29, 0.717) is 36.3 Å². The molecule has 8 nitrogen and oxygen atoms in total. The summed E-state index contributed by atoms with van der Waals surface area (Å²) in [5, 5.41) is 10.6. The largest absolute Gasteiger partial charge is 0.464 e. The van der Waals surface area contributed by atoms with Gasteiger partial charge in [-0.3, -0.25) is 9.98 Å². The topological polar surface area (TPSA) is 101 Å². The van der Waals surface area contributed by atoms with Crippen molar-refractivity contribution >= 4 is 29.9 Å². The SMILES string of the molecule is CCNC(=NCCc1noc(-c2ccccn2)n1)NC(C)c1ccc(C)o1.I. The third-order valence-corrected chi connectivity index (χ3v) is 3.84. The molecule has 1 atom stereocenters. The van der Waals surface area contributed by atoms with Crippen LogP contribution in [0.25, 0.3) is 11.6 Å². The molecule has 0 aliphatic carbocycles. The molecule has 1 unspecified atom stereocenters. The lowest BCUT2D eigenvalue weighted by Gasteiger charge is -2.16. The summed E-state index contributed by atoms with van der Waals surface area (Å²) >= 11 is 0. The zero-order valence-electron chi connectivity index (χ0n) is 16.2. The van der Waals surface area contributed by atoms with Crippen LogP contribution in [0.2, 0.25) is 0 Å². The molecular weight excluding hydrogens is 471 g/mol. The Hall–Kier alpha value is -2.43. The van der Waals surface area contributed by atoms with Gasteiger partial charge in [0.15, 0.2) is 11.8 Å². The number of hydrogen-bond donors (Lipinski definition) is 2. The number of pyridine rings is 1. The van der Waals surface area contributed by atoms with E-state index in [1.54, 1.807) is 6.20 Å². The smallest absolute Gasteiger partial charge is 0.276 e. The second-order valence-corrected chi connectivity index (χ2v) is 6.06. The molecular formula is C19H25IN6O2. The summed E-state index contributed by atoms with van der Waals surface area (Å²) in [5.41, 5.74) is 0.664. The number of aromatic nitrogens is 3. The number of furan rings is 1. The molecule has 3 rings (SSSR count). The molecule has 0 aliphatic heterocycles. The van der Waals surface area contributed by atoms with Gasteiger partial charge in [0.1, 0.15) is 17.2 Å². The van der Waals surface area contributed by atoms with Gasteiger partial charge < -0.3 is 19.6 Å². The van der Waals surface area contributed by atoms with Crippen LogP contribution < -0.4 is 10.6 Å². The minimum atomic E-state index is 0. The Morgan fingerprint density at radius 1 is 1.25 bits per heavy atom. The Morgan fingerprint density at radius 3 is 2.79 bits per heavy atom. The third-order valence-electron chi connectivity index (χ3n) is 3.84. The quantitative estimate of drug-likeness (QED) is 0.293. The van der Waals surface area contributed by atoms with Crippen molar-refractivity contribution in [3.63, 3.8) is 0 Å². The first kappa shape index (κ1) is 21.9. The van der Waals surface area contributed by atoms with E-state index in [9.17, 15) is 0 Å². The van der Waals surface area contributed by atoms with Crippen molar-refractivity contribution in [3.05, 3.63) is 53.9 Å². The molecule has 0 aliphatic rings. The fourth-order valence-electron chi connectivity index (χ4n) is 2.50. The fourth-order valence-corrected chi connectivity index (χ4v) is 2.50. The van der Waals surface area contributed by atoms with Crippen molar-refractivity contribution in [2.24, 2.45) is 4.99 Å². The van der Waals surface area contributed by atoms with E-state index in [4.69, 9.17) is 8.94 Å². The maximum Gasteiger partial charge on any atom is 0.276 e. The summed E-state index contributed by atoms with van der Waals surface area (Å²) in [6.07, 6.45) is 2.26. The normalized spacial score (nSPS) is 12.3. The van der Waals surface area contributed by atoms with Crippen LogP contribution in [0.3, 0.4) is 0 Å². The van der Waals surface area contributed by atoms with Gasteiger partial charge in [0.2, 0.25) is 0 Å². The van der Waals surface area contributed by atoms with Crippen LogP contribution >= 0.6 is 24.0 Å². The first-order chi connectivity index (χ1) is 13.2. The number of aryl methyl sites for hydroxylation is 1. The first-order valence-corrected chi connectivity index (χ1v) is 9.01. The van der Waals surface area contributed by atoms with E-state index in [1.165, 1.54) is 0 Å². The molecule has 0 radical (unpaired) electrons. The number of hydrogen-bond acceptors (Lipinski definition) is 6. The zero-order chi connectivity index (χ0) is 19.1. The van der Waals surface area contributed by atoms with Crippen molar-refractivity contribution in [3.8, 4) is 11.6 Å². The highest BCUT2D eigenvalue weighted by atomic mass is 127. The average molecular weight is 496 g/mol. The van der Waals surface area contributed by atoms with Crippen LogP contribution in [-0.4, -0.2) is 34.2 Å². The van der Waals surface area contributed by atoms with Gasteiger partial charge in [-0.15, -0.1) is 24.0 Å². The molecule has 28 heavy (non-hydrogen) atoms. The van der Waals surface area contributed by atoms with Crippen LogP contribution in [0.15, 0.2) is 50.5 Å². The predicted octanol–water partition coefficient (Wildman–Crippen LogP) is 3.51. The fraction of sp³-hybridized carbons (Fsp3) is 0.368. The van der Waals surface area contributed by atoms with E-state index >= 15 is 0 Å². The Bertz CT molecular complexity index is 877. The Balaban J connectivity index is 0.00000280. The van der Waals surface area contributed by atoms with Gasteiger partial charge in [-0.1, -0.05) is 11.2 Å². The van der Waals surface area contributed by atoms with Crippen molar-refractivity contribution in [2.75, 3.05) is 13.1 Å². The summed E-state index contributed by atoms with van der Waals surface area (Å²) < 4.78 is 10.9. The van der Waals surface area contributed by atoms with Crippen molar-refractivity contribution < 1.29 is 8.94 Å². The maximum atomic E-state index is 5.66. The van der Waals surface area contributed by atoms with Gasteiger partial charge in [0.05, 0.1) is 6.04 Å². The average Bonchev–Trinajstić information content (AvgIpc) is 3.32. The minimum Gasteiger partial charge on any atom is -0.464 e. The maximum absolute atomic E-state index is 5.66. The lowest BCUT2D eigenvalue weighted by Crippen LogP contribution is -2.38. The molecule has 0 bridgehead atoms. The molecule has 150 valence electrons. The second-order valence-electron chi connectivity index (χ2n) is 6.06. The number of halogens is 1. The molecule has 9 heteroatoms. The minimum absolute atomic E-state index is 0. The highest BCUT2D eigenvalue weighted by molar-refractivity contribution is 14.0. The number of nitrogens with one attached hydrogen (secondary N) is 2. The van der Waals surface area contributed by atoms with Crippen LogP contribution in [0, 0.1) is 6.92 Å². The van der Waals surface area contributed by atoms with Crippen molar-refractivity contribution in [1.29, 1.82) is 0 Å². The summed E-state index contributed by atoms with van der Waals surface area (Å²) in [6, 6.07) is 9.49. The predicted molar refractivity (Wildman–Crippen MR) is 118 cm³/mol. The van der Waals surface area contributed by atoms with Gasteiger partial charge in [-0.05, 0) is 45.0 Å². The van der Waals surface area contributed by atoms with Gasteiger partial charge in [-0.25, -0.2) is 0 Å². The molecule has 3 heterocycles. The highest BCUT2D eigenvalue weighted by Crippen LogP contribution is 2.15. The van der Waals surface area contributed by atoms with Crippen molar-refractivity contribution in [1.82, 2.24) is 25.8 Å². The summed E-state index contributed by atoms with van der Waals surface area (Å²) in [5.74, 6) is 3.50. The summed E-state index contributed by atoms with van der Waals surface area (Å²) in [6.45, 7) is 7.28. The third kappa shape index (κ3) is 6.04. The van der Waals surface area contributed by atoms with Gasteiger partial charge in [0, 0.05) is 25.7 Å². The Labute approximate surface area is 181 Å². The van der Waals surface area contributed by atoms with Gasteiger partial charge in [0.25, 0.3) is 5.89 Å². The highest BCUT2D eigenvalue weighted by Gasteiger charge is 2.12. The van der Waals surface area contributed by atoms with E-state index in [2.05, 4.69) is 30.8 Å². The van der Waals surface area contributed by atoms with Crippen LogP contribution in [0.1, 0.15) is 37.2 Å². The summed E-state index contributed by atoms with van der Waals surface area (Å²) in [7, 11) is 0. The van der Waals surface area contributed by atoms with Crippen LogP contribution in [-0.2, 0) is 6.42 Å². The second kappa shape index (κ2) is 10.8. The number of guanidine groups is 1. The number of nitrogens with zero attached hydrogens (tertiary/aromatic N) is 4. The number of aliphatic imine (C=N–C) groups is 1. The van der Waals surface area contributed by atoms with Crippen LogP contribution in [0.5, 0.6) is 0 Å². The summed E-state index contributed by atoms with van der Waals surface area (Å²) in [4.78, 5) is 13.2. The lowest BCUT2D eigenvalue weighted by molar-refractivity contribution is 0.421. The van der Waals surface area contributed by atoms with E-state index < -0.39 is 0 Å². The molecule has 3 aromatic heterocycles. The molecule has 0 amide bonds. The molecule has 0 saturated carbocycles. The molecule has 0 saturated heterocycles. The standard InChI is InChI=1S/C19H24N6O2.HI/c1-4-20-19(23-14(3)16-9-8-13(2)26-16)22-12-10-17-24-18(27-25-17)15-7-5-6-11-21-15;/h5-9,11,14H,4,10,12H2,1-3H3,(H2,20,22,23);1H. The Morgan fingerprint density at radius 2 is 2.11 bits per heavy atom. The molecule has 0 spiro atoms. The first-order valence-electron chi connectivity index (χ1n) is 9.01. The zero-order valence-corrected chi connectivity index (χ0v) is 18.5. The molecule has 0 aromatic carbocycles. The van der Waals surface area contributed by atoms with Gasteiger partial charge in [-0.2, -0.15) is 4.98 Å². The van der Waals surface area contributed by atoms with Crippen molar-refractivity contribution in [2.45, 2.75) is 33.2 Å². The number of rotatable bonds is 7. The van der Waals surface area contributed by atoms with Crippen LogP contribution in [0.4, 0.5) is 0 Å². The van der Waals surface area contributed by atoms with E-state index in [1.807, 2.05) is 51.1 Å². The monoisotopic (exact) mass is 496 g/mol.